The molecule has 120 valence electrons. The molecule has 1 aromatic carbocycles. The topological polar surface area (TPSA) is 49.0 Å². The molecule has 0 bridgehead atoms. The zero-order valence-electron chi connectivity index (χ0n) is 12.9. The molecule has 1 amide bonds. The maximum Gasteiger partial charge on any atom is 0.276 e. The van der Waals surface area contributed by atoms with Crippen LogP contribution in [-0.2, 0) is 6.54 Å². The number of hydrogen-bond donors (Lipinski definition) is 1. The standard InChI is InChI=1S/C17H17BrFN3O/c1-4-9-22(10-12-5-7-13(19)8-6-12)17(23)16-14(18)15(11(2)3)20-21-16/h1,5-8,11H,9-10H2,2-3H3,(H,20,21). The number of H-pyrrole nitrogens is 1. The summed E-state index contributed by atoms with van der Waals surface area (Å²) in [6, 6.07) is 5.97. The Morgan fingerprint density at radius 2 is 2.09 bits per heavy atom. The molecular formula is C17H17BrFN3O. The van der Waals surface area contributed by atoms with Gasteiger partial charge in [0, 0.05) is 6.54 Å². The Labute approximate surface area is 143 Å². The van der Waals surface area contributed by atoms with Crippen LogP contribution in [0.5, 0.6) is 0 Å². The smallest absolute Gasteiger partial charge is 0.276 e. The van der Waals surface area contributed by atoms with E-state index in [1.54, 1.807) is 12.1 Å². The van der Waals surface area contributed by atoms with Gasteiger partial charge in [0.1, 0.15) is 5.82 Å². The summed E-state index contributed by atoms with van der Waals surface area (Å²) in [5.41, 5.74) is 1.95. The van der Waals surface area contributed by atoms with Crippen LogP contribution in [0.4, 0.5) is 4.39 Å². The maximum absolute atomic E-state index is 13.0. The number of rotatable bonds is 5. The Hall–Kier alpha value is -2.13. The minimum Gasteiger partial charge on any atom is -0.322 e. The van der Waals surface area contributed by atoms with Crippen LogP contribution in [0.1, 0.15) is 41.5 Å². The van der Waals surface area contributed by atoms with E-state index in [1.165, 1.54) is 17.0 Å². The zero-order chi connectivity index (χ0) is 17.0. The number of amides is 1. The van der Waals surface area contributed by atoms with Gasteiger partial charge in [-0.25, -0.2) is 4.39 Å². The summed E-state index contributed by atoms with van der Waals surface area (Å²) < 4.78 is 13.6. The predicted octanol–water partition coefficient (Wildman–Crippen LogP) is 3.71. The molecule has 1 N–H and O–H groups in total. The monoisotopic (exact) mass is 377 g/mol. The van der Waals surface area contributed by atoms with Crippen LogP contribution in [-0.4, -0.2) is 27.5 Å². The number of carbonyl (C=O) groups is 1. The van der Waals surface area contributed by atoms with E-state index >= 15 is 0 Å². The molecule has 0 fully saturated rings. The third-order valence-corrected chi connectivity index (χ3v) is 4.17. The van der Waals surface area contributed by atoms with Gasteiger partial charge in [0.15, 0.2) is 5.69 Å². The SMILES string of the molecule is C#CCN(Cc1ccc(F)cc1)C(=O)c1n[nH]c(C(C)C)c1Br. The molecule has 4 nitrogen and oxygen atoms in total. The molecule has 1 aromatic heterocycles. The van der Waals surface area contributed by atoms with Gasteiger partial charge in [-0.3, -0.25) is 9.89 Å². The fourth-order valence-corrected chi connectivity index (χ4v) is 2.94. The lowest BCUT2D eigenvalue weighted by Crippen LogP contribution is -2.31. The highest BCUT2D eigenvalue weighted by Gasteiger charge is 2.23. The van der Waals surface area contributed by atoms with E-state index in [-0.39, 0.29) is 24.2 Å². The number of carbonyl (C=O) groups excluding carboxylic acids is 1. The van der Waals surface area contributed by atoms with Crippen LogP contribution in [0, 0.1) is 18.2 Å². The molecular weight excluding hydrogens is 361 g/mol. The first-order valence-corrected chi connectivity index (χ1v) is 7.94. The van der Waals surface area contributed by atoms with Crippen LogP contribution in [0.15, 0.2) is 28.7 Å². The minimum absolute atomic E-state index is 0.145. The first-order chi connectivity index (χ1) is 10.9. The Bertz CT molecular complexity index is 731. The van der Waals surface area contributed by atoms with Gasteiger partial charge in [-0.1, -0.05) is 31.9 Å². The lowest BCUT2D eigenvalue weighted by Gasteiger charge is -2.19. The van der Waals surface area contributed by atoms with E-state index in [0.717, 1.165) is 11.3 Å². The molecule has 0 saturated carbocycles. The van der Waals surface area contributed by atoms with E-state index in [9.17, 15) is 9.18 Å². The van der Waals surface area contributed by atoms with E-state index in [1.807, 2.05) is 13.8 Å². The van der Waals surface area contributed by atoms with Crippen LogP contribution < -0.4 is 0 Å². The van der Waals surface area contributed by atoms with E-state index in [0.29, 0.717) is 16.7 Å². The van der Waals surface area contributed by atoms with Gasteiger partial charge in [-0.2, -0.15) is 5.10 Å². The first-order valence-electron chi connectivity index (χ1n) is 7.15. The molecule has 0 aliphatic carbocycles. The first kappa shape index (κ1) is 17.2. The Kier molecular flexibility index (Phi) is 5.56. The third-order valence-electron chi connectivity index (χ3n) is 3.37. The summed E-state index contributed by atoms with van der Waals surface area (Å²) in [5, 5.41) is 6.98. The van der Waals surface area contributed by atoms with Crippen molar-refractivity contribution in [2.75, 3.05) is 6.54 Å². The van der Waals surface area contributed by atoms with Crippen molar-refractivity contribution in [2.45, 2.75) is 26.3 Å². The summed E-state index contributed by atoms with van der Waals surface area (Å²) in [6.07, 6.45) is 5.37. The molecule has 23 heavy (non-hydrogen) atoms. The van der Waals surface area contributed by atoms with Crippen molar-refractivity contribution in [1.29, 1.82) is 0 Å². The average molecular weight is 378 g/mol. The number of aromatic amines is 1. The average Bonchev–Trinajstić information content (AvgIpc) is 2.90. The van der Waals surface area contributed by atoms with Crippen molar-refractivity contribution in [1.82, 2.24) is 15.1 Å². The quantitative estimate of drug-likeness (QED) is 0.807. The molecule has 0 saturated heterocycles. The fraction of sp³-hybridized carbons (Fsp3) is 0.294. The van der Waals surface area contributed by atoms with Crippen molar-refractivity contribution >= 4 is 21.8 Å². The second-order valence-electron chi connectivity index (χ2n) is 5.45. The summed E-state index contributed by atoms with van der Waals surface area (Å²) in [7, 11) is 0. The normalized spacial score (nSPS) is 10.6. The van der Waals surface area contributed by atoms with Gasteiger partial charge in [0.25, 0.3) is 5.91 Å². The van der Waals surface area contributed by atoms with Crippen molar-refractivity contribution < 1.29 is 9.18 Å². The molecule has 0 unspecified atom stereocenters. The van der Waals surface area contributed by atoms with E-state index in [4.69, 9.17) is 6.42 Å². The van der Waals surface area contributed by atoms with Crippen LogP contribution in [0.25, 0.3) is 0 Å². The number of benzene rings is 1. The number of nitrogens with one attached hydrogen (secondary N) is 1. The van der Waals surface area contributed by atoms with Crippen molar-refractivity contribution in [2.24, 2.45) is 0 Å². The maximum atomic E-state index is 13.0. The molecule has 2 rings (SSSR count). The molecule has 0 aliphatic heterocycles. The van der Waals surface area contributed by atoms with Gasteiger partial charge in [-0.05, 0) is 39.5 Å². The molecule has 1 heterocycles. The highest BCUT2D eigenvalue weighted by Crippen LogP contribution is 2.26. The summed E-state index contributed by atoms with van der Waals surface area (Å²) in [6.45, 7) is 4.45. The lowest BCUT2D eigenvalue weighted by atomic mass is 10.1. The summed E-state index contributed by atoms with van der Waals surface area (Å²) in [5.74, 6) is 2.09. The largest absolute Gasteiger partial charge is 0.322 e. The van der Waals surface area contributed by atoms with Gasteiger partial charge >= 0.3 is 0 Å². The molecule has 6 heteroatoms. The highest BCUT2D eigenvalue weighted by atomic mass is 79.9. The van der Waals surface area contributed by atoms with Crippen molar-refractivity contribution in [3.05, 3.63) is 51.5 Å². The lowest BCUT2D eigenvalue weighted by molar-refractivity contribution is 0.0759. The summed E-state index contributed by atoms with van der Waals surface area (Å²) >= 11 is 3.42. The van der Waals surface area contributed by atoms with Gasteiger partial charge in [0.2, 0.25) is 0 Å². The summed E-state index contributed by atoms with van der Waals surface area (Å²) in [4.78, 5) is 14.2. The fourth-order valence-electron chi connectivity index (χ4n) is 2.14. The van der Waals surface area contributed by atoms with Crippen LogP contribution in [0.2, 0.25) is 0 Å². The third kappa shape index (κ3) is 3.99. The number of terminal acetylenes is 1. The van der Waals surface area contributed by atoms with Gasteiger partial charge in [0.05, 0.1) is 16.7 Å². The molecule has 0 radical (unpaired) electrons. The Morgan fingerprint density at radius 3 is 2.61 bits per heavy atom. The molecule has 0 atom stereocenters. The van der Waals surface area contributed by atoms with E-state index in [2.05, 4.69) is 32.0 Å². The number of halogens is 2. The van der Waals surface area contributed by atoms with Crippen molar-refractivity contribution in [3.8, 4) is 12.3 Å². The number of nitrogens with zero attached hydrogens (tertiary/aromatic N) is 2. The predicted molar refractivity (Wildman–Crippen MR) is 90.4 cm³/mol. The second-order valence-corrected chi connectivity index (χ2v) is 6.24. The Balaban J connectivity index is 2.25. The second kappa shape index (κ2) is 7.42. The van der Waals surface area contributed by atoms with Crippen molar-refractivity contribution in [3.63, 3.8) is 0 Å². The number of aromatic nitrogens is 2. The van der Waals surface area contributed by atoms with E-state index < -0.39 is 0 Å². The Morgan fingerprint density at radius 1 is 1.43 bits per heavy atom. The zero-order valence-corrected chi connectivity index (χ0v) is 14.5. The van der Waals surface area contributed by atoms with Gasteiger partial charge < -0.3 is 4.90 Å². The highest BCUT2D eigenvalue weighted by molar-refractivity contribution is 9.10. The number of hydrogen-bond acceptors (Lipinski definition) is 2. The van der Waals surface area contributed by atoms with Gasteiger partial charge in [-0.15, -0.1) is 6.42 Å². The van der Waals surface area contributed by atoms with Crippen LogP contribution in [0.3, 0.4) is 0 Å². The van der Waals surface area contributed by atoms with Crippen LogP contribution >= 0.6 is 15.9 Å². The molecule has 0 spiro atoms. The minimum atomic E-state index is -0.319. The molecule has 2 aromatic rings. The molecule has 0 aliphatic rings.